The van der Waals surface area contributed by atoms with Gasteiger partial charge in [0.25, 0.3) is 5.91 Å². The Hall–Kier alpha value is -4.45. The summed E-state index contributed by atoms with van der Waals surface area (Å²) in [5.41, 5.74) is 2.53. The van der Waals surface area contributed by atoms with E-state index in [-0.39, 0.29) is 11.9 Å². The van der Waals surface area contributed by atoms with Crippen LogP contribution >= 0.6 is 0 Å². The van der Waals surface area contributed by atoms with Crippen molar-refractivity contribution in [2.75, 3.05) is 12.4 Å². The Morgan fingerprint density at radius 2 is 2.05 bits per heavy atom. The molecule has 0 saturated heterocycles. The highest BCUT2D eigenvalue weighted by molar-refractivity contribution is 5.87. The molecule has 11 nitrogen and oxygen atoms in total. The van der Waals surface area contributed by atoms with Crippen LogP contribution in [-0.4, -0.2) is 53.5 Å². The molecule has 3 N–H and O–H groups in total. The standard InChI is InChI=1S/C27H30FN9O2/c1-16-11-22(33-23-12-17(2)35-36-23)34-25(31-16)19-7-9-27(39-4,10-8-19)26(38)32-18(3)20-5-6-24(29-13-20)37-15-21(28)14-30-37/h5-7,11-15,18H,8-10H2,1-4H3,(H,32,38)(H2,31,33,34,35,36)/t18-,27?/m0/s1. The summed E-state index contributed by atoms with van der Waals surface area (Å²) in [6, 6.07) is 7.00. The molecule has 5 rings (SSSR count). The third-order valence-corrected chi connectivity index (χ3v) is 6.79. The molecular weight excluding hydrogens is 501 g/mol. The van der Waals surface area contributed by atoms with Crippen LogP contribution in [0.2, 0.25) is 0 Å². The summed E-state index contributed by atoms with van der Waals surface area (Å²) in [5.74, 6) is 1.79. The number of anilines is 2. The molecule has 1 aliphatic carbocycles. The molecule has 1 unspecified atom stereocenters. The van der Waals surface area contributed by atoms with Gasteiger partial charge in [0.15, 0.2) is 23.3 Å². The van der Waals surface area contributed by atoms with Crippen molar-refractivity contribution in [2.24, 2.45) is 0 Å². The van der Waals surface area contributed by atoms with Gasteiger partial charge in [0.2, 0.25) is 0 Å². The zero-order chi connectivity index (χ0) is 27.6. The maximum Gasteiger partial charge on any atom is 0.253 e. The first kappa shape index (κ1) is 26.2. The van der Waals surface area contributed by atoms with Crippen molar-refractivity contribution in [1.29, 1.82) is 0 Å². The summed E-state index contributed by atoms with van der Waals surface area (Å²) in [7, 11) is 1.56. The number of hydrogen-bond acceptors (Lipinski definition) is 8. The van der Waals surface area contributed by atoms with Gasteiger partial charge in [-0.2, -0.15) is 10.2 Å². The van der Waals surface area contributed by atoms with E-state index >= 15 is 0 Å². The van der Waals surface area contributed by atoms with E-state index in [9.17, 15) is 9.18 Å². The highest BCUT2D eigenvalue weighted by Gasteiger charge is 2.40. The fourth-order valence-electron chi connectivity index (χ4n) is 4.53. The average Bonchev–Trinajstić information content (AvgIpc) is 3.55. The molecule has 0 radical (unpaired) electrons. The molecular formula is C27H30FN9O2. The Balaban J connectivity index is 1.26. The van der Waals surface area contributed by atoms with E-state index in [4.69, 9.17) is 4.74 Å². The first-order valence-corrected chi connectivity index (χ1v) is 12.6. The van der Waals surface area contributed by atoms with Crippen LogP contribution in [0, 0.1) is 19.7 Å². The Kier molecular flexibility index (Phi) is 7.20. The molecule has 2 atom stereocenters. The highest BCUT2D eigenvalue weighted by Crippen LogP contribution is 2.35. The van der Waals surface area contributed by atoms with Crippen LogP contribution in [0.25, 0.3) is 11.4 Å². The number of methoxy groups -OCH3 is 1. The lowest BCUT2D eigenvalue weighted by molar-refractivity contribution is -0.145. The van der Waals surface area contributed by atoms with E-state index in [1.54, 1.807) is 19.4 Å². The number of H-pyrrole nitrogens is 1. The highest BCUT2D eigenvalue weighted by atomic mass is 19.1. The summed E-state index contributed by atoms with van der Waals surface area (Å²) in [6.07, 6.45) is 7.44. The van der Waals surface area contributed by atoms with Crippen molar-refractivity contribution in [3.05, 3.63) is 77.5 Å². The second kappa shape index (κ2) is 10.7. The lowest BCUT2D eigenvalue weighted by Gasteiger charge is -2.34. The van der Waals surface area contributed by atoms with E-state index in [2.05, 4.69) is 40.9 Å². The third-order valence-electron chi connectivity index (χ3n) is 6.79. The predicted molar refractivity (Wildman–Crippen MR) is 143 cm³/mol. The Labute approximate surface area is 224 Å². The van der Waals surface area contributed by atoms with Crippen LogP contribution in [0.3, 0.4) is 0 Å². The first-order valence-electron chi connectivity index (χ1n) is 12.6. The van der Waals surface area contributed by atoms with Gasteiger partial charge in [-0.1, -0.05) is 12.1 Å². The van der Waals surface area contributed by atoms with Crippen molar-refractivity contribution >= 4 is 23.1 Å². The first-order chi connectivity index (χ1) is 18.7. The summed E-state index contributed by atoms with van der Waals surface area (Å²) in [6.45, 7) is 5.73. The number of hydrogen-bond donors (Lipinski definition) is 3. The normalized spacial score (nSPS) is 17.9. The molecule has 202 valence electrons. The van der Waals surface area contributed by atoms with Gasteiger partial charge in [-0.3, -0.25) is 9.89 Å². The quantitative estimate of drug-likeness (QED) is 0.309. The van der Waals surface area contributed by atoms with Crippen LogP contribution in [-0.2, 0) is 9.53 Å². The molecule has 0 aromatic carbocycles. The molecule has 1 amide bonds. The predicted octanol–water partition coefficient (Wildman–Crippen LogP) is 4.11. The lowest BCUT2D eigenvalue weighted by Crippen LogP contribution is -2.49. The minimum atomic E-state index is -1.00. The minimum Gasteiger partial charge on any atom is -0.368 e. The number of amides is 1. The van der Waals surface area contributed by atoms with Crippen LogP contribution in [0.15, 0.2) is 48.9 Å². The van der Waals surface area contributed by atoms with Gasteiger partial charge in [0.1, 0.15) is 11.4 Å². The number of aryl methyl sites for hydroxylation is 2. The van der Waals surface area contributed by atoms with E-state index in [0.717, 1.165) is 28.7 Å². The van der Waals surface area contributed by atoms with E-state index < -0.39 is 11.4 Å². The Morgan fingerprint density at radius 3 is 2.67 bits per heavy atom. The number of allylic oxidation sites excluding steroid dienone is 1. The van der Waals surface area contributed by atoms with Gasteiger partial charge >= 0.3 is 0 Å². The fourth-order valence-corrected chi connectivity index (χ4v) is 4.53. The summed E-state index contributed by atoms with van der Waals surface area (Å²) < 4.78 is 20.4. The fraction of sp³-hybridized carbons (Fsp3) is 0.333. The second-order valence-electron chi connectivity index (χ2n) is 9.66. The molecule has 0 aliphatic heterocycles. The third kappa shape index (κ3) is 5.70. The number of ether oxygens (including phenoxy) is 1. The summed E-state index contributed by atoms with van der Waals surface area (Å²) >= 11 is 0. The monoisotopic (exact) mass is 531 g/mol. The molecule has 0 saturated carbocycles. The van der Waals surface area contributed by atoms with E-state index in [1.807, 2.05) is 45.0 Å². The van der Waals surface area contributed by atoms with Gasteiger partial charge in [-0.05, 0) is 50.8 Å². The number of rotatable bonds is 8. The van der Waals surface area contributed by atoms with Crippen molar-refractivity contribution < 1.29 is 13.9 Å². The zero-order valence-corrected chi connectivity index (χ0v) is 22.2. The van der Waals surface area contributed by atoms with Gasteiger partial charge in [-0.15, -0.1) is 0 Å². The van der Waals surface area contributed by atoms with Crippen LogP contribution in [0.5, 0.6) is 0 Å². The Morgan fingerprint density at radius 1 is 1.21 bits per heavy atom. The molecule has 0 spiro atoms. The summed E-state index contributed by atoms with van der Waals surface area (Å²) in [5, 5.41) is 17.3. The Bertz CT molecular complexity index is 1510. The SMILES string of the molecule is COC1(C(=O)N[C@@H](C)c2ccc(-n3cc(F)cn3)nc2)CC=C(c2nc(C)cc(Nc3cc(C)[nH]n3)n2)CC1. The number of aromatic amines is 1. The maximum absolute atomic E-state index is 13.4. The number of pyridine rings is 1. The van der Waals surface area contributed by atoms with Crippen LogP contribution in [0.1, 0.15) is 55.0 Å². The summed E-state index contributed by atoms with van der Waals surface area (Å²) in [4.78, 5) is 27.0. The maximum atomic E-state index is 13.4. The number of halogens is 1. The topological polar surface area (TPSA) is 136 Å². The molecule has 4 aromatic heterocycles. The second-order valence-corrected chi connectivity index (χ2v) is 9.66. The lowest BCUT2D eigenvalue weighted by atomic mass is 9.84. The van der Waals surface area contributed by atoms with Crippen LogP contribution < -0.4 is 10.6 Å². The van der Waals surface area contributed by atoms with Gasteiger partial charge < -0.3 is 15.4 Å². The smallest absolute Gasteiger partial charge is 0.253 e. The molecule has 4 aromatic rings. The van der Waals surface area contributed by atoms with Gasteiger partial charge in [0.05, 0.1) is 18.4 Å². The zero-order valence-electron chi connectivity index (χ0n) is 22.2. The largest absolute Gasteiger partial charge is 0.368 e. The van der Waals surface area contributed by atoms with Gasteiger partial charge in [0, 0.05) is 43.2 Å². The number of nitrogens with zero attached hydrogens (tertiary/aromatic N) is 6. The number of aromatic nitrogens is 7. The average molecular weight is 532 g/mol. The number of carbonyl (C=O) groups excluding carboxylic acids is 1. The van der Waals surface area contributed by atoms with E-state index in [0.29, 0.717) is 42.5 Å². The van der Waals surface area contributed by atoms with E-state index in [1.165, 1.54) is 10.9 Å². The number of nitrogens with one attached hydrogen (secondary N) is 3. The number of carbonyl (C=O) groups is 1. The van der Waals surface area contributed by atoms with Gasteiger partial charge in [-0.25, -0.2) is 24.0 Å². The molecule has 4 heterocycles. The van der Waals surface area contributed by atoms with Crippen LogP contribution in [0.4, 0.5) is 16.0 Å². The van der Waals surface area contributed by atoms with Crippen molar-refractivity contribution in [1.82, 2.24) is 40.2 Å². The van der Waals surface area contributed by atoms with Crippen molar-refractivity contribution in [2.45, 2.75) is 51.7 Å². The molecule has 39 heavy (non-hydrogen) atoms. The molecule has 0 fully saturated rings. The molecule has 1 aliphatic rings. The molecule has 0 bridgehead atoms. The van der Waals surface area contributed by atoms with Crippen molar-refractivity contribution in [3.63, 3.8) is 0 Å². The molecule has 12 heteroatoms. The van der Waals surface area contributed by atoms with Crippen molar-refractivity contribution in [3.8, 4) is 5.82 Å². The minimum absolute atomic E-state index is 0.201.